The number of carbonyl (C=O) groups excluding carboxylic acids is 2. The highest BCUT2D eigenvalue weighted by Crippen LogP contribution is 2.25. The predicted octanol–water partition coefficient (Wildman–Crippen LogP) is 2.52. The molecule has 37 heavy (non-hydrogen) atoms. The van der Waals surface area contributed by atoms with Crippen LogP contribution in [0.25, 0.3) is 0 Å². The topological polar surface area (TPSA) is 111 Å². The lowest BCUT2D eigenvalue weighted by Gasteiger charge is -2.33. The molecule has 0 saturated carbocycles. The van der Waals surface area contributed by atoms with Gasteiger partial charge in [0, 0.05) is 38.9 Å². The second kappa shape index (κ2) is 12.2. The number of Topliss-reactive ketones (excluding diaryl/α,β-unsaturated/α-hetero) is 1. The Balaban J connectivity index is 1.13. The molecular formula is C26H35FN8O2. The first kappa shape index (κ1) is 26.6. The van der Waals surface area contributed by atoms with E-state index in [1.54, 1.807) is 28.7 Å². The minimum Gasteiger partial charge on any atom is -0.347 e. The maximum absolute atomic E-state index is 13.9. The van der Waals surface area contributed by atoms with Gasteiger partial charge in [0.25, 0.3) is 5.91 Å². The van der Waals surface area contributed by atoms with Crippen molar-refractivity contribution in [3.8, 4) is 0 Å². The van der Waals surface area contributed by atoms with Crippen LogP contribution in [0.2, 0.25) is 0 Å². The zero-order valence-electron chi connectivity index (χ0n) is 21.6. The van der Waals surface area contributed by atoms with E-state index in [4.69, 9.17) is 0 Å². The van der Waals surface area contributed by atoms with Gasteiger partial charge < -0.3 is 5.32 Å². The summed E-state index contributed by atoms with van der Waals surface area (Å²) in [4.78, 5) is 26.8. The number of amides is 1. The van der Waals surface area contributed by atoms with E-state index in [9.17, 15) is 14.0 Å². The van der Waals surface area contributed by atoms with Gasteiger partial charge in [0.05, 0.1) is 24.9 Å². The molecule has 0 unspecified atom stereocenters. The summed E-state index contributed by atoms with van der Waals surface area (Å²) in [5.41, 5.74) is 2.01. The molecule has 0 atom stereocenters. The maximum atomic E-state index is 13.9. The second-order valence-corrected chi connectivity index (χ2v) is 10.1. The van der Waals surface area contributed by atoms with E-state index >= 15 is 0 Å². The van der Waals surface area contributed by atoms with Gasteiger partial charge in [-0.3, -0.25) is 23.9 Å². The Morgan fingerprint density at radius 3 is 2.49 bits per heavy atom. The number of benzene rings is 1. The molecule has 1 aromatic carbocycles. The highest BCUT2D eigenvalue weighted by Gasteiger charge is 2.30. The van der Waals surface area contributed by atoms with E-state index in [2.05, 4.69) is 25.9 Å². The summed E-state index contributed by atoms with van der Waals surface area (Å²) in [7, 11) is 0. The predicted molar refractivity (Wildman–Crippen MR) is 136 cm³/mol. The van der Waals surface area contributed by atoms with Crippen molar-refractivity contribution in [3.05, 3.63) is 59.2 Å². The minimum atomic E-state index is -1.12. The number of alkyl halides is 1. The number of hydrogen-bond acceptors (Lipinski definition) is 7. The van der Waals surface area contributed by atoms with Crippen LogP contribution in [-0.2, 0) is 30.8 Å². The van der Waals surface area contributed by atoms with Crippen LogP contribution in [0.5, 0.6) is 0 Å². The van der Waals surface area contributed by atoms with Gasteiger partial charge in [-0.15, -0.1) is 10.2 Å². The highest BCUT2D eigenvalue weighted by molar-refractivity contribution is 5.91. The molecule has 1 saturated heterocycles. The first-order valence-corrected chi connectivity index (χ1v) is 12.8. The number of nitrogens with zero attached hydrogens (tertiary/aromatic N) is 7. The third-order valence-electron chi connectivity index (χ3n) is 6.59. The van der Waals surface area contributed by atoms with Crippen LogP contribution in [0.3, 0.4) is 0 Å². The third-order valence-corrected chi connectivity index (χ3v) is 6.59. The van der Waals surface area contributed by atoms with Gasteiger partial charge in [0.15, 0.2) is 11.5 Å². The molecule has 0 aliphatic carbocycles. The second-order valence-electron chi connectivity index (χ2n) is 10.1. The Morgan fingerprint density at radius 2 is 1.76 bits per heavy atom. The van der Waals surface area contributed by atoms with Crippen molar-refractivity contribution in [1.29, 1.82) is 0 Å². The van der Waals surface area contributed by atoms with Crippen LogP contribution in [0.1, 0.15) is 59.9 Å². The van der Waals surface area contributed by atoms with E-state index in [-0.39, 0.29) is 18.1 Å². The molecule has 0 radical (unpaired) electrons. The van der Waals surface area contributed by atoms with Crippen LogP contribution in [0.4, 0.5) is 4.39 Å². The zero-order valence-corrected chi connectivity index (χ0v) is 21.6. The summed E-state index contributed by atoms with van der Waals surface area (Å²) >= 11 is 0. The maximum Gasteiger partial charge on any atom is 0.273 e. The molecule has 1 N–H and O–H groups in total. The number of rotatable bonds is 12. The van der Waals surface area contributed by atoms with Gasteiger partial charge in [0.2, 0.25) is 0 Å². The van der Waals surface area contributed by atoms with Crippen LogP contribution < -0.4 is 5.32 Å². The van der Waals surface area contributed by atoms with Gasteiger partial charge in [0.1, 0.15) is 5.67 Å². The number of aryl methyl sites for hydroxylation is 3. The monoisotopic (exact) mass is 510 g/mol. The summed E-state index contributed by atoms with van der Waals surface area (Å²) in [6.45, 7) is 6.92. The Morgan fingerprint density at radius 1 is 1.05 bits per heavy atom. The number of halogens is 1. The van der Waals surface area contributed by atoms with E-state index < -0.39 is 5.67 Å². The third kappa shape index (κ3) is 8.28. The molecule has 11 heteroatoms. The standard InChI is InChI=1S/C26H35FN8O2/c1-20-6-5-7-21(14-20)16-28-25(37)24-19-35(32-30-24)11-4-3-10-34-17-22(29-31-34)15-23(36)18-33-12-8-26(2,27)9-13-33/h5-7,14,17,19H,3-4,8-13,15-16,18H2,1-2H3,(H,28,37). The Hall–Kier alpha value is -3.47. The van der Waals surface area contributed by atoms with Gasteiger partial charge in [-0.25, -0.2) is 4.39 Å². The van der Waals surface area contributed by atoms with Crippen LogP contribution in [0, 0.1) is 6.92 Å². The largest absolute Gasteiger partial charge is 0.347 e. The molecular weight excluding hydrogens is 475 g/mol. The summed E-state index contributed by atoms with van der Waals surface area (Å²) in [5.74, 6) is -0.182. The molecule has 1 fully saturated rings. The number of carbonyl (C=O) groups is 2. The highest BCUT2D eigenvalue weighted by atomic mass is 19.1. The lowest BCUT2D eigenvalue weighted by atomic mass is 9.95. The van der Waals surface area contributed by atoms with E-state index in [1.165, 1.54) is 0 Å². The van der Waals surface area contributed by atoms with E-state index in [0.717, 1.165) is 24.0 Å². The number of likely N-dealkylation sites (tertiary alicyclic amines) is 1. The van der Waals surface area contributed by atoms with Gasteiger partial charge >= 0.3 is 0 Å². The van der Waals surface area contributed by atoms with Crippen molar-refractivity contribution < 1.29 is 14.0 Å². The summed E-state index contributed by atoms with van der Waals surface area (Å²) in [6.07, 6.45) is 6.28. The Kier molecular flexibility index (Phi) is 8.75. The van der Waals surface area contributed by atoms with Crippen LogP contribution in [0.15, 0.2) is 36.7 Å². The summed E-state index contributed by atoms with van der Waals surface area (Å²) in [5, 5.41) is 19.1. The normalized spacial score (nSPS) is 15.5. The molecule has 1 aliphatic rings. The number of nitrogens with one attached hydrogen (secondary N) is 1. The summed E-state index contributed by atoms with van der Waals surface area (Å²) in [6, 6.07) is 7.99. The fourth-order valence-corrected chi connectivity index (χ4v) is 4.37. The molecule has 4 rings (SSSR count). The zero-order chi connectivity index (χ0) is 26.3. The van der Waals surface area contributed by atoms with E-state index in [1.807, 2.05) is 36.1 Å². The Bertz CT molecular complexity index is 1190. The molecule has 0 bridgehead atoms. The molecule has 3 aromatic rings. The van der Waals surface area contributed by atoms with Crippen molar-refractivity contribution in [3.63, 3.8) is 0 Å². The SMILES string of the molecule is Cc1cccc(CNC(=O)c2cn(CCCCn3cc(CC(=O)CN4CCC(C)(F)CC4)nn3)nn2)c1. The van der Waals surface area contributed by atoms with Crippen LogP contribution in [-0.4, -0.2) is 71.9 Å². The van der Waals surface area contributed by atoms with Crippen molar-refractivity contribution in [2.75, 3.05) is 19.6 Å². The number of hydrogen-bond donors (Lipinski definition) is 1. The molecule has 1 aliphatic heterocycles. The Labute approximate surface area is 216 Å². The van der Waals surface area contributed by atoms with Crippen molar-refractivity contribution in [2.24, 2.45) is 0 Å². The molecule has 2 aromatic heterocycles. The smallest absolute Gasteiger partial charge is 0.273 e. The van der Waals surface area contributed by atoms with E-state index in [0.29, 0.717) is 63.5 Å². The van der Waals surface area contributed by atoms with Crippen molar-refractivity contribution >= 4 is 11.7 Å². The van der Waals surface area contributed by atoms with Crippen LogP contribution >= 0.6 is 0 Å². The fraction of sp³-hybridized carbons (Fsp3) is 0.538. The quantitative estimate of drug-likeness (QED) is 0.373. The average Bonchev–Trinajstić information content (AvgIpc) is 3.51. The molecule has 10 nitrogen and oxygen atoms in total. The van der Waals surface area contributed by atoms with Crippen molar-refractivity contribution in [2.45, 2.75) is 71.3 Å². The number of ketones is 1. The number of piperidine rings is 1. The van der Waals surface area contributed by atoms with Crippen molar-refractivity contribution in [1.82, 2.24) is 40.2 Å². The van der Waals surface area contributed by atoms with Gasteiger partial charge in [-0.2, -0.15) is 0 Å². The van der Waals surface area contributed by atoms with Gasteiger partial charge in [-0.1, -0.05) is 40.3 Å². The molecule has 1 amide bonds. The lowest BCUT2D eigenvalue weighted by molar-refractivity contribution is -0.120. The number of aromatic nitrogens is 6. The minimum absolute atomic E-state index is 0.0689. The lowest BCUT2D eigenvalue weighted by Crippen LogP contribution is -2.42. The summed E-state index contributed by atoms with van der Waals surface area (Å²) < 4.78 is 17.3. The average molecular weight is 511 g/mol. The number of unbranched alkanes of at least 4 members (excludes halogenated alkanes) is 1. The first-order chi connectivity index (χ1) is 17.8. The molecule has 3 heterocycles. The fourth-order valence-electron chi connectivity index (χ4n) is 4.37. The molecule has 198 valence electrons. The van der Waals surface area contributed by atoms with Gasteiger partial charge in [-0.05, 0) is 45.1 Å². The molecule has 0 spiro atoms. The first-order valence-electron chi connectivity index (χ1n) is 12.8.